The fourth-order valence-corrected chi connectivity index (χ4v) is 3.16. The zero-order valence-electron chi connectivity index (χ0n) is 18.2. The number of hydrogen-bond acceptors (Lipinski definition) is 5. The van der Waals surface area contributed by atoms with Crippen LogP contribution in [0.5, 0.6) is 0 Å². The van der Waals surface area contributed by atoms with Crippen molar-refractivity contribution in [3.63, 3.8) is 0 Å². The maximum atomic E-state index is 13.3. The normalized spacial score (nSPS) is 11.4. The molecule has 0 saturated carbocycles. The van der Waals surface area contributed by atoms with E-state index in [-0.39, 0.29) is 16.9 Å². The minimum Gasteiger partial charge on any atom is -0.478 e. The number of carbonyl (C=O) groups is 2. The molecule has 8 heteroatoms. The summed E-state index contributed by atoms with van der Waals surface area (Å²) in [4.78, 5) is 29.9. The molecule has 2 aromatic carbocycles. The Labute approximate surface area is 180 Å². The van der Waals surface area contributed by atoms with Crippen LogP contribution in [0.4, 0.5) is 11.4 Å². The van der Waals surface area contributed by atoms with Crippen molar-refractivity contribution >= 4 is 23.3 Å². The Morgan fingerprint density at radius 1 is 1.13 bits per heavy atom. The summed E-state index contributed by atoms with van der Waals surface area (Å²) in [6.45, 7) is 8.04. The summed E-state index contributed by atoms with van der Waals surface area (Å²) >= 11 is 0. The van der Waals surface area contributed by atoms with Gasteiger partial charge < -0.3 is 10.8 Å². The summed E-state index contributed by atoms with van der Waals surface area (Å²) in [7, 11) is 1.42. The van der Waals surface area contributed by atoms with Gasteiger partial charge in [0.05, 0.1) is 30.2 Å². The minimum atomic E-state index is -1.07. The van der Waals surface area contributed by atoms with Crippen molar-refractivity contribution in [1.82, 2.24) is 9.78 Å². The van der Waals surface area contributed by atoms with Crippen molar-refractivity contribution in [2.45, 2.75) is 33.1 Å². The van der Waals surface area contributed by atoms with Gasteiger partial charge in [0, 0.05) is 17.4 Å². The van der Waals surface area contributed by atoms with Crippen molar-refractivity contribution in [3.05, 3.63) is 71.0 Å². The number of rotatable bonds is 5. The van der Waals surface area contributed by atoms with Gasteiger partial charge >= 0.3 is 5.97 Å². The molecule has 0 bridgehead atoms. The molecule has 0 saturated heterocycles. The van der Waals surface area contributed by atoms with Gasteiger partial charge in [-0.15, -0.1) is 0 Å². The fourth-order valence-electron chi connectivity index (χ4n) is 3.16. The van der Waals surface area contributed by atoms with Crippen LogP contribution in [0.2, 0.25) is 0 Å². The molecule has 8 nitrogen and oxygen atoms in total. The van der Waals surface area contributed by atoms with Gasteiger partial charge in [0.1, 0.15) is 0 Å². The van der Waals surface area contributed by atoms with Gasteiger partial charge in [-0.05, 0) is 53.8 Å². The number of benzene rings is 2. The SMILES string of the molecule is CON(C(=O)c1ccc(C)c(-n2cc(C(=O)O)cn2)c1)c1cc(N)cc(C(C)(C)C)c1. The first kappa shape index (κ1) is 22.0. The number of nitrogen functional groups attached to an aromatic ring is 1. The lowest BCUT2D eigenvalue weighted by molar-refractivity contribution is 0.0696. The van der Waals surface area contributed by atoms with E-state index in [2.05, 4.69) is 25.9 Å². The molecule has 162 valence electrons. The van der Waals surface area contributed by atoms with E-state index in [1.54, 1.807) is 24.3 Å². The molecule has 1 heterocycles. The van der Waals surface area contributed by atoms with E-state index in [0.29, 0.717) is 22.6 Å². The van der Waals surface area contributed by atoms with Crippen LogP contribution in [0.1, 0.15) is 52.6 Å². The number of amides is 1. The molecule has 0 aliphatic rings. The highest BCUT2D eigenvalue weighted by Gasteiger charge is 2.23. The molecule has 0 unspecified atom stereocenters. The Morgan fingerprint density at radius 2 is 1.84 bits per heavy atom. The van der Waals surface area contributed by atoms with E-state index in [4.69, 9.17) is 15.7 Å². The van der Waals surface area contributed by atoms with Gasteiger partial charge in [-0.3, -0.25) is 9.63 Å². The first-order chi connectivity index (χ1) is 14.5. The van der Waals surface area contributed by atoms with Gasteiger partial charge in [0.2, 0.25) is 0 Å². The molecule has 1 aromatic heterocycles. The molecule has 0 aliphatic carbocycles. The Bertz CT molecular complexity index is 1140. The predicted octanol–water partition coefficient (Wildman–Crippen LogP) is 3.97. The molecule has 3 N–H and O–H groups in total. The van der Waals surface area contributed by atoms with Gasteiger partial charge in [-0.1, -0.05) is 26.8 Å². The molecular formula is C23H26N4O4. The number of aryl methyl sites for hydroxylation is 1. The molecule has 0 fully saturated rings. The number of hydrogen-bond donors (Lipinski definition) is 2. The van der Waals surface area contributed by atoms with Crippen molar-refractivity contribution in [3.8, 4) is 5.69 Å². The molecule has 0 radical (unpaired) electrons. The summed E-state index contributed by atoms with van der Waals surface area (Å²) in [5.74, 6) is -1.46. The summed E-state index contributed by atoms with van der Waals surface area (Å²) in [5.41, 5.74) is 9.78. The monoisotopic (exact) mass is 422 g/mol. The van der Waals surface area contributed by atoms with Crippen LogP contribution in [-0.2, 0) is 10.3 Å². The molecule has 3 aromatic rings. The van der Waals surface area contributed by atoms with Crippen LogP contribution in [0.25, 0.3) is 5.69 Å². The van der Waals surface area contributed by atoms with Gasteiger partial charge in [0.15, 0.2) is 0 Å². The summed E-state index contributed by atoms with van der Waals surface area (Å²) in [6, 6.07) is 10.5. The maximum Gasteiger partial charge on any atom is 0.338 e. The Balaban J connectivity index is 2.01. The smallest absolute Gasteiger partial charge is 0.338 e. The van der Waals surface area contributed by atoms with Crippen molar-refractivity contribution < 1.29 is 19.5 Å². The van der Waals surface area contributed by atoms with E-state index in [9.17, 15) is 9.59 Å². The number of nitrogens with zero attached hydrogens (tertiary/aromatic N) is 3. The fraction of sp³-hybridized carbons (Fsp3) is 0.261. The number of carboxylic acid groups (broad SMARTS) is 1. The second kappa shape index (κ2) is 8.23. The molecule has 1 amide bonds. The highest BCUT2D eigenvalue weighted by molar-refractivity contribution is 6.05. The second-order valence-corrected chi connectivity index (χ2v) is 8.33. The molecule has 0 aliphatic heterocycles. The Kier molecular flexibility index (Phi) is 5.85. The first-order valence-corrected chi connectivity index (χ1v) is 9.70. The van der Waals surface area contributed by atoms with Crippen LogP contribution >= 0.6 is 0 Å². The highest BCUT2D eigenvalue weighted by atomic mass is 16.7. The van der Waals surface area contributed by atoms with E-state index in [1.807, 2.05) is 19.1 Å². The molecule has 3 rings (SSSR count). The summed E-state index contributed by atoms with van der Waals surface area (Å²) in [6.07, 6.45) is 2.67. The van der Waals surface area contributed by atoms with Gasteiger partial charge in [0.25, 0.3) is 5.91 Å². The summed E-state index contributed by atoms with van der Waals surface area (Å²) in [5, 5.41) is 14.4. The largest absolute Gasteiger partial charge is 0.478 e. The Morgan fingerprint density at radius 3 is 2.42 bits per heavy atom. The minimum absolute atomic E-state index is 0.0594. The lowest BCUT2D eigenvalue weighted by Gasteiger charge is -2.25. The van der Waals surface area contributed by atoms with Crippen molar-refractivity contribution in [2.24, 2.45) is 0 Å². The third-order valence-corrected chi connectivity index (χ3v) is 4.94. The van der Waals surface area contributed by atoms with Crippen LogP contribution < -0.4 is 10.8 Å². The van der Waals surface area contributed by atoms with Crippen LogP contribution in [0.15, 0.2) is 48.8 Å². The summed E-state index contributed by atoms with van der Waals surface area (Å²) < 4.78 is 1.44. The average molecular weight is 422 g/mol. The number of carboxylic acids is 1. The Hall–Kier alpha value is -3.65. The zero-order valence-corrected chi connectivity index (χ0v) is 18.2. The van der Waals surface area contributed by atoms with Crippen LogP contribution in [0, 0.1) is 6.92 Å². The lowest BCUT2D eigenvalue weighted by atomic mass is 9.86. The number of nitrogens with two attached hydrogens (primary N) is 1. The van der Waals surface area contributed by atoms with Crippen molar-refractivity contribution in [1.29, 1.82) is 0 Å². The molecule has 0 spiro atoms. The van der Waals surface area contributed by atoms with E-state index < -0.39 is 5.97 Å². The number of anilines is 2. The maximum absolute atomic E-state index is 13.3. The zero-order chi connectivity index (χ0) is 22.9. The highest BCUT2D eigenvalue weighted by Crippen LogP contribution is 2.30. The first-order valence-electron chi connectivity index (χ1n) is 9.70. The third kappa shape index (κ3) is 4.59. The molecular weight excluding hydrogens is 396 g/mol. The lowest BCUT2D eigenvalue weighted by Crippen LogP contribution is -2.30. The number of hydroxylamine groups is 1. The van der Waals surface area contributed by atoms with E-state index >= 15 is 0 Å². The molecule has 0 atom stereocenters. The quantitative estimate of drug-likeness (QED) is 0.475. The number of carbonyl (C=O) groups excluding carboxylic acids is 1. The van der Waals surface area contributed by atoms with Crippen molar-refractivity contribution in [2.75, 3.05) is 17.9 Å². The topological polar surface area (TPSA) is 111 Å². The molecule has 31 heavy (non-hydrogen) atoms. The number of aromatic nitrogens is 2. The average Bonchev–Trinajstić information content (AvgIpc) is 3.18. The second-order valence-electron chi connectivity index (χ2n) is 8.33. The van der Waals surface area contributed by atoms with Crippen LogP contribution in [-0.4, -0.2) is 33.9 Å². The van der Waals surface area contributed by atoms with E-state index in [0.717, 1.165) is 11.1 Å². The van der Waals surface area contributed by atoms with Crippen LogP contribution in [0.3, 0.4) is 0 Å². The third-order valence-electron chi connectivity index (χ3n) is 4.94. The van der Waals surface area contributed by atoms with E-state index in [1.165, 1.54) is 29.2 Å². The standard InChI is InChI=1S/C23H26N4O4/c1-14-6-7-15(8-20(14)26-13-16(12-25-26)22(29)30)21(28)27(31-5)19-10-17(23(2,3)4)9-18(24)11-19/h6-13H,24H2,1-5H3,(H,29,30). The van der Waals surface area contributed by atoms with Gasteiger partial charge in [-0.25, -0.2) is 9.48 Å². The van der Waals surface area contributed by atoms with Gasteiger partial charge in [-0.2, -0.15) is 10.2 Å². The number of aromatic carboxylic acids is 1. The predicted molar refractivity (Wildman–Crippen MR) is 119 cm³/mol.